The number of nitriles is 1. The van der Waals surface area contributed by atoms with Crippen LogP contribution in [0.5, 0.6) is 5.75 Å². The molecule has 0 radical (unpaired) electrons. The highest BCUT2D eigenvalue weighted by atomic mass is 16.6. The lowest BCUT2D eigenvalue weighted by atomic mass is 10.1. The maximum Gasteiger partial charge on any atom is 0.329 e. The Labute approximate surface area is 158 Å². The van der Waals surface area contributed by atoms with Gasteiger partial charge in [-0.2, -0.15) is 5.26 Å². The van der Waals surface area contributed by atoms with Crippen LogP contribution in [0.25, 0.3) is 11.3 Å². The van der Waals surface area contributed by atoms with E-state index in [2.05, 4.69) is 11.1 Å². The highest BCUT2D eigenvalue weighted by Gasteiger charge is 2.32. The first-order valence-corrected chi connectivity index (χ1v) is 8.97. The first kappa shape index (κ1) is 18.9. The summed E-state index contributed by atoms with van der Waals surface area (Å²) < 4.78 is 18.0. The molecule has 7 heteroatoms. The van der Waals surface area contributed by atoms with E-state index in [1.54, 1.807) is 25.6 Å². The number of carbonyl (C=O) groups excluding carboxylic acids is 1. The van der Waals surface area contributed by atoms with Crippen LogP contribution in [0.2, 0.25) is 0 Å². The van der Waals surface area contributed by atoms with Gasteiger partial charge in [0.2, 0.25) is 0 Å². The van der Waals surface area contributed by atoms with Crippen molar-refractivity contribution in [1.29, 1.82) is 5.26 Å². The summed E-state index contributed by atoms with van der Waals surface area (Å²) in [4.78, 5) is 16.9. The van der Waals surface area contributed by atoms with E-state index in [0.29, 0.717) is 24.3 Å². The summed E-state index contributed by atoms with van der Waals surface area (Å²) in [6, 6.07) is 6.99. The number of nitrogens with zero attached hydrogens (tertiary/aromatic N) is 3. The number of benzene rings is 1. The Morgan fingerprint density at radius 2 is 2.22 bits per heavy atom. The topological polar surface area (TPSA) is 86.4 Å². The van der Waals surface area contributed by atoms with Crippen LogP contribution in [0.1, 0.15) is 37.6 Å². The molecule has 1 unspecified atom stereocenters. The molecule has 0 saturated heterocycles. The molecule has 142 valence electrons. The number of aromatic nitrogens is 2. The molecule has 0 saturated carbocycles. The van der Waals surface area contributed by atoms with Gasteiger partial charge in [0.15, 0.2) is 0 Å². The third-order valence-corrected chi connectivity index (χ3v) is 4.52. The van der Waals surface area contributed by atoms with Crippen LogP contribution in [0.4, 0.5) is 0 Å². The number of methoxy groups -OCH3 is 1. The molecule has 27 heavy (non-hydrogen) atoms. The Hall–Kier alpha value is -2.85. The molecule has 1 aromatic heterocycles. The van der Waals surface area contributed by atoms with Crippen LogP contribution < -0.4 is 4.74 Å². The first-order valence-electron chi connectivity index (χ1n) is 8.97. The zero-order valence-electron chi connectivity index (χ0n) is 15.8. The number of ether oxygens (including phenoxy) is 3. The van der Waals surface area contributed by atoms with Gasteiger partial charge in [-0.25, -0.2) is 9.78 Å². The van der Waals surface area contributed by atoms with Crippen LogP contribution in [0.3, 0.4) is 0 Å². The number of esters is 1. The quantitative estimate of drug-likeness (QED) is 0.551. The van der Waals surface area contributed by atoms with Crippen LogP contribution in [-0.2, 0) is 20.7 Å². The summed E-state index contributed by atoms with van der Waals surface area (Å²) in [5, 5.41) is 9.06. The second kappa shape index (κ2) is 8.23. The zero-order valence-corrected chi connectivity index (χ0v) is 15.8. The van der Waals surface area contributed by atoms with Crippen molar-refractivity contribution in [2.75, 3.05) is 20.3 Å². The van der Waals surface area contributed by atoms with Crippen molar-refractivity contribution >= 4 is 5.97 Å². The maximum atomic E-state index is 12.4. The fraction of sp³-hybridized carbons (Fsp3) is 0.450. The molecule has 0 spiro atoms. The molecule has 2 heterocycles. The molecule has 0 bridgehead atoms. The van der Waals surface area contributed by atoms with Gasteiger partial charge in [-0.15, -0.1) is 0 Å². The smallest absolute Gasteiger partial charge is 0.329 e. The second-order valence-corrected chi connectivity index (χ2v) is 6.62. The fourth-order valence-electron chi connectivity index (χ4n) is 3.25. The lowest BCUT2D eigenvalue weighted by Crippen LogP contribution is -2.21. The van der Waals surface area contributed by atoms with Crippen LogP contribution in [0.15, 0.2) is 24.5 Å². The predicted octanol–water partition coefficient (Wildman–Crippen LogP) is 2.89. The molecule has 0 N–H and O–H groups in total. The highest BCUT2D eigenvalue weighted by Crippen LogP contribution is 2.37. The Balaban J connectivity index is 1.76. The molecule has 3 rings (SSSR count). The van der Waals surface area contributed by atoms with Gasteiger partial charge in [0.25, 0.3) is 0 Å². The average Bonchev–Trinajstić information content (AvgIpc) is 3.26. The molecule has 1 aromatic carbocycles. The summed E-state index contributed by atoms with van der Waals surface area (Å²) in [5.74, 6) is 0.323. The number of hydrogen-bond acceptors (Lipinski definition) is 6. The predicted molar refractivity (Wildman–Crippen MR) is 98.3 cm³/mol. The molecule has 0 aliphatic carbocycles. The van der Waals surface area contributed by atoms with Crippen molar-refractivity contribution in [2.24, 2.45) is 0 Å². The first-order chi connectivity index (χ1) is 13.0. The molecular weight excluding hydrogens is 346 g/mol. The lowest BCUT2D eigenvalue weighted by molar-refractivity contribution is -0.149. The fourth-order valence-corrected chi connectivity index (χ4v) is 3.25. The summed E-state index contributed by atoms with van der Waals surface area (Å²) in [6.07, 6.45) is 3.18. The van der Waals surface area contributed by atoms with Gasteiger partial charge in [-0.05, 0) is 44.9 Å². The molecule has 1 aliphatic rings. The van der Waals surface area contributed by atoms with Gasteiger partial charge < -0.3 is 18.8 Å². The van der Waals surface area contributed by atoms with Gasteiger partial charge in [-0.1, -0.05) is 0 Å². The molecule has 0 fully saturated rings. The largest absolute Gasteiger partial charge is 0.496 e. The summed E-state index contributed by atoms with van der Waals surface area (Å²) >= 11 is 0. The second-order valence-electron chi connectivity index (χ2n) is 6.62. The third kappa shape index (κ3) is 3.96. The molecule has 1 aliphatic heterocycles. The molecule has 7 nitrogen and oxygen atoms in total. The van der Waals surface area contributed by atoms with Crippen LogP contribution in [-0.4, -0.2) is 41.9 Å². The zero-order chi connectivity index (χ0) is 19.4. The van der Waals surface area contributed by atoms with Crippen molar-refractivity contribution in [3.05, 3.63) is 35.8 Å². The number of carbonyl (C=O) groups is 1. The SMILES string of the molecule is COc1cc(C#N)ccc1-c1ncn2c1CCC2C(=O)OCCOC(C)C. The molecule has 1 atom stereocenters. The maximum absolute atomic E-state index is 12.4. The summed E-state index contributed by atoms with van der Waals surface area (Å²) in [5.41, 5.74) is 3.08. The standard InChI is InChI=1S/C20H23N3O4/c1-13(2)26-8-9-27-20(24)17-7-6-16-19(22-12-23(16)17)15-5-4-14(11-21)10-18(15)25-3/h4-5,10,12-13,17H,6-9H2,1-3H3. The number of imidazole rings is 1. The van der Waals surface area contributed by atoms with E-state index in [-0.39, 0.29) is 24.7 Å². The van der Waals surface area contributed by atoms with Gasteiger partial charge >= 0.3 is 5.97 Å². The Kier molecular flexibility index (Phi) is 5.77. The minimum Gasteiger partial charge on any atom is -0.496 e. The van der Waals surface area contributed by atoms with Crippen molar-refractivity contribution in [3.63, 3.8) is 0 Å². The molecule has 0 amide bonds. The molecular formula is C20H23N3O4. The van der Waals surface area contributed by atoms with Crippen LogP contribution >= 0.6 is 0 Å². The Bertz CT molecular complexity index is 867. The van der Waals surface area contributed by atoms with E-state index < -0.39 is 0 Å². The normalized spacial score (nSPS) is 15.4. The van der Waals surface area contributed by atoms with E-state index in [4.69, 9.17) is 19.5 Å². The Morgan fingerprint density at radius 3 is 2.93 bits per heavy atom. The highest BCUT2D eigenvalue weighted by molar-refractivity contribution is 5.77. The number of fused-ring (bicyclic) bond motifs is 1. The van der Waals surface area contributed by atoms with E-state index >= 15 is 0 Å². The number of hydrogen-bond donors (Lipinski definition) is 0. The monoisotopic (exact) mass is 369 g/mol. The van der Waals surface area contributed by atoms with Crippen molar-refractivity contribution in [3.8, 4) is 23.1 Å². The summed E-state index contributed by atoms with van der Waals surface area (Å²) in [7, 11) is 1.57. The molecule has 2 aromatic rings. The number of rotatable bonds is 7. The third-order valence-electron chi connectivity index (χ3n) is 4.52. The van der Waals surface area contributed by atoms with Crippen molar-refractivity contribution in [1.82, 2.24) is 9.55 Å². The van der Waals surface area contributed by atoms with E-state index in [1.807, 2.05) is 24.5 Å². The van der Waals surface area contributed by atoms with Gasteiger partial charge in [0.05, 0.1) is 43.5 Å². The Morgan fingerprint density at radius 1 is 1.41 bits per heavy atom. The van der Waals surface area contributed by atoms with Crippen molar-refractivity contribution < 1.29 is 19.0 Å². The minimum atomic E-state index is -0.371. The van der Waals surface area contributed by atoms with Gasteiger partial charge in [0.1, 0.15) is 18.4 Å². The average molecular weight is 369 g/mol. The van der Waals surface area contributed by atoms with E-state index in [9.17, 15) is 4.79 Å². The summed E-state index contributed by atoms with van der Waals surface area (Å²) in [6.45, 7) is 4.51. The van der Waals surface area contributed by atoms with Gasteiger partial charge in [0, 0.05) is 11.3 Å². The van der Waals surface area contributed by atoms with E-state index in [1.165, 1.54) is 0 Å². The lowest BCUT2D eigenvalue weighted by Gasteiger charge is -2.13. The van der Waals surface area contributed by atoms with Crippen molar-refractivity contribution in [2.45, 2.75) is 38.8 Å². The van der Waals surface area contributed by atoms with Crippen LogP contribution in [0, 0.1) is 11.3 Å². The minimum absolute atomic E-state index is 0.111. The van der Waals surface area contributed by atoms with Gasteiger partial charge in [-0.3, -0.25) is 0 Å². The van der Waals surface area contributed by atoms with E-state index in [0.717, 1.165) is 23.4 Å².